The SMILES string of the molecule is CCC(C(=O)C#N)(c1ccccc1)N(Cc1ccccc1)Cc1ccccc1. The van der Waals surface area contributed by atoms with Crippen molar-refractivity contribution in [1.82, 2.24) is 4.90 Å². The van der Waals surface area contributed by atoms with Crippen LogP contribution in [0.15, 0.2) is 91.0 Å². The van der Waals surface area contributed by atoms with Crippen LogP contribution in [0.1, 0.15) is 30.0 Å². The Morgan fingerprint density at radius 3 is 1.64 bits per heavy atom. The van der Waals surface area contributed by atoms with Crippen molar-refractivity contribution in [2.24, 2.45) is 0 Å². The molecule has 3 nitrogen and oxygen atoms in total. The van der Waals surface area contributed by atoms with E-state index in [1.807, 2.05) is 79.7 Å². The zero-order valence-electron chi connectivity index (χ0n) is 16.1. The summed E-state index contributed by atoms with van der Waals surface area (Å²) in [6.45, 7) is 3.13. The molecule has 0 heterocycles. The molecular formula is C25H24N2O. The Morgan fingerprint density at radius 1 is 0.821 bits per heavy atom. The van der Waals surface area contributed by atoms with Crippen LogP contribution in [-0.4, -0.2) is 10.7 Å². The molecule has 0 aromatic heterocycles. The summed E-state index contributed by atoms with van der Waals surface area (Å²) in [4.78, 5) is 15.2. The summed E-state index contributed by atoms with van der Waals surface area (Å²) in [5.74, 6) is -0.423. The Bertz CT molecular complexity index is 891. The highest BCUT2D eigenvalue weighted by atomic mass is 16.1. The lowest BCUT2D eigenvalue weighted by Crippen LogP contribution is -2.50. The number of ketones is 1. The summed E-state index contributed by atoms with van der Waals surface area (Å²) in [7, 11) is 0. The molecule has 0 N–H and O–H groups in total. The summed E-state index contributed by atoms with van der Waals surface area (Å²) in [6, 6.07) is 31.8. The van der Waals surface area contributed by atoms with Crippen LogP contribution in [0.3, 0.4) is 0 Å². The van der Waals surface area contributed by atoms with Crippen molar-refractivity contribution in [2.45, 2.75) is 32.0 Å². The van der Waals surface area contributed by atoms with E-state index in [0.717, 1.165) is 16.7 Å². The largest absolute Gasteiger partial charge is 0.280 e. The molecule has 0 radical (unpaired) electrons. The van der Waals surface area contributed by atoms with Crippen LogP contribution in [0.2, 0.25) is 0 Å². The Labute approximate surface area is 166 Å². The molecule has 3 aromatic carbocycles. The van der Waals surface area contributed by atoms with Crippen molar-refractivity contribution in [3.63, 3.8) is 0 Å². The predicted octanol–water partition coefficient (Wildman–Crippen LogP) is 5.09. The maximum Gasteiger partial charge on any atom is 0.256 e. The lowest BCUT2D eigenvalue weighted by molar-refractivity contribution is -0.128. The van der Waals surface area contributed by atoms with Crippen LogP contribution < -0.4 is 0 Å². The number of Topliss-reactive ketones (excluding diaryl/α,β-unsaturated/α-hetero) is 1. The van der Waals surface area contributed by atoms with Crippen LogP contribution >= 0.6 is 0 Å². The van der Waals surface area contributed by atoms with Gasteiger partial charge in [-0.15, -0.1) is 0 Å². The highest BCUT2D eigenvalue weighted by Crippen LogP contribution is 2.36. The number of carbonyl (C=O) groups is 1. The third-order valence-corrected chi connectivity index (χ3v) is 5.21. The first-order valence-electron chi connectivity index (χ1n) is 9.53. The van der Waals surface area contributed by atoms with E-state index in [1.54, 1.807) is 0 Å². The maximum absolute atomic E-state index is 13.1. The van der Waals surface area contributed by atoms with E-state index in [2.05, 4.69) is 29.2 Å². The monoisotopic (exact) mass is 368 g/mol. The average molecular weight is 368 g/mol. The number of rotatable bonds is 8. The first-order chi connectivity index (χ1) is 13.7. The summed E-state index contributed by atoms with van der Waals surface area (Å²) < 4.78 is 0. The van der Waals surface area contributed by atoms with Gasteiger partial charge in [0.25, 0.3) is 5.78 Å². The topological polar surface area (TPSA) is 44.1 Å². The molecule has 28 heavy (non-hydrogen) atoms. The smallest absolute Gasteiger partial charge is 0.256 e. The van der Waals surface area contributed by atoms with E-state index in [1.165, 1.54) is 0 Å². The van der Waals surface area contributed by atoms with Crippen LogP contribution in [-0.2, 0) is 23.4 Å². The van der Waals surface area contributed by atoms with Gasteiger partial charge in [0.2, 0.25) is 0 Å². The molecule has 140 valence electrons. The maximum atomic E-state index is 13.1. The molecule has 0 amide bonds. The second-order valence-electron chi connectivity index (χ2n) is 6.85. The minimum Gasteiger partial charge on any atom is -0.280 e. The second-order valence-corrected chi connectivity index (χ2v) is 6.85. The summed E-state index contributed by atoms with van der Waals surface area (Å²) in [5, 5.41) is 9.62. The number of nitriles is 1. The molecule has 0 saturated heterocycles. The van der Waals surface area contributed by atoms with E-state index in [0.29, 0.717) is 19.5 Å². The first-order valence-corrected chi connectivity index (χ1v) is 9.53. The van der Waals surface area contributed by atoms with Gasteiger partial charge < -0.3 is 0 Å². The lowest BCUT2D eigenvalue weighted by atomic mass is 9.81. The molecule has 3 aromatic rings. The average Bonchev–Trinajstić information content (AvgIpc) is 2.76. The molecule has 3 heteroatoms. The van der Waals surface area contributed by atoms with E-state index in [4.69, 9.17) is 0 Å². The standard InChI is InChI=1S/C25H24N2O/c1-2-25(24(28)18-26,23-16-10-5-11-17-23)27(19-21-12-6-3-7-13-21)20-22-14-8-4-9-15-22/h3-17H,2,19-20H2,1H3. The zero-order valence-corrected chi connectivity index (χ0v) is 16.1. The molecule has 3 rings (SSSR count). The van der Waals surface area contributed by atoms with E-state index in [9.17, 15) is 10.1 Å². The van der Waals surface area contributed by atoms with Gasteiger partial charge in [-0.05, 0) is 23.1 Å². The highest BCUT2D eigenvalue weighted by Gasteiger charge is 2.44. The van der Waals surface area contributed by atoms with Gasteiger partial charge in [-0.1, -0.05) is 97.9 Å². The van der Waals surface area contributed by atoms with Gasteiger partial charge >= 0.3 is 0 Å². The molecular weight excluding hydrogens is 344 g/mol. The molecule has 0 aliphatic heterocycles. The Balaban J connectivity index is 2.12. The molecule has 0 aliphatic carbocycles. The fourth-order valence-electron chi connectivity index (χ4n) is 3.79. The molecule has 0 fully saturated rings. The molecule has 0 aliphatic rings. The quantitative estimate of drug-likeness (QED) is 0.520. The molecule has 1 unspecified atom stereocenters. The molecule has 0 spiro atoms. The van der Waals surface area contributed by atoms with Crippen molar-refractivity contribution in [1.29, 1.82) is 5.26 Å². The Morgan fingerprint density at radius 2 is 1.25 bits per heavy atom. The highest BCUT2D eigenvalue weighted by molar-refractivity contribution is 6.01. The minimum atomic E-state index is -0.998. The number of benzene rings is 3. The zero-order chi connectivity index (χ0) is 19.8. The van der Waals surface area contributed by atoms with Gasteiger partial charge in [0.05, 0.1) is 0 Å². The van der Waals surface area contributed by atoms with Crippen molar-refractivity contribution >= 4 is 5.78 Å². The summed E-state index contributed by atoms with van der Waals surface area (Å²) in [5.41, 5.74) is 2.08. The van der Waals surface area contributed by atoms with E-state index >= 15 is 0 Å². The molecule has 0 saturated carbocycles. The van der Waals surface area contributed by atoms with Crippen LogP contribution in [0, 0.1) is 11.3 Å². The minimum absolute atomic E-state index is 0.423. The fourth-order valence-corrected chi connectivity index (χ4v) is 3.79. The molecule has 0 bridgehead atoms. The van der Waals surface area contributed by atoms with Gasteiger partial charge in [-0.2, -0.15) is 5.26 Å². The van der Waals surface area contributed by atoms with Gasteiger partial charge in [0.1, 0.15) is 11.6 Å². The lowest BCUT2D eigenvalue weighted by Gasteiger charge is -2.41. The third kappa shape index (κ3) is 4.03. The molecule has 1 atom stereocenters. The number of hydrogen-bond acceptors (Lipinski definition) is 3. The number of carbonyl (C=O) groups excluding carboxylic acids is 1. The van der Waals surface area contributed by atoms with Crippen molar-refractivity contribution < 1.29 is 4.79 Å². The van der Waals surface area contributed by atoms with Gasteiger partial charge in [-0.25, -0.2) is 0 Å². The predicted molar refractivity (Wildman–Crippen MR) is 111 cm³/mol. The van der Waals surface area contributed by atoms with Crippen LogP contribution in [0.5, 0.6) is 0 Å². The van der Waals surface area contributed by atoms with Crippen LogP contribution in [0.25, 0.3) is 0 Å². The second kappa shape index (κ2) is 9.12. The summed E-state index contributed by atoms with van der Waals surface area (Å²) >= 11 is 0. The van der Waals surface area contributed by atoms with Crippen LogP contribution in [0.4, 0.5) is 0 Å². The number of hydrogen-bond donors (Lipinski definition) is 0. The van der Waals surface area contributed by atoms with Crippen molar-refractivity contribution in [2.75, 3.05) is 0 Å². The summed E-state index contributed by atoms with van der Waals surface area (Å²) in [6.07, 6.45) is 0.517. The van der Waals surface area contributed by atoms with Gasteiger partial charge in [0, 0.05) is 13.1 Å². The number of nitrogens with zero attached hydrogens (tertiary/aromatic N) is 2. The third-order valence-electron chi connectivity index (χ3n) is 5.21. The van der Waals surface area contributed by atoms with Crippen molar-refractivity contribution in [3.05, 3.63) is 108 Å². The van der Waals surface area contributed by atoms with E-state index in [-0.39, 0.29) is 0 Å². The van der Waals surface area contributed by atoms with Gasteiger partial charge in [0.15, 0.2) is 0 Å². The van der Waals surface area contributed by atoms with Crippen molar-refractivity contribution in [3.8, 4) is 6.07 Å². The Hall–Kier alpha value is -3.22. The Kier molecular flexibility index (Phi) is 6.37. The van der Waals surface area contributed by atoms with Gasteiger partial charge in [-0.3, -0.25) is 9.69 Å². The normalized spacial score (nSPS) is 12.9. The first kappa shape index (κ1) is 19.5. The van der Waals surface area contributed by atoms with E-state index < -0.39 is 11.3 Å². The fraction of sp³-hybridized carbons (Fsp3) is 0.200.